The minimum Gasteiger partial charge on any atom is -0.478 e. The van der Waals surface area contributed by atoms with E-state index in [2.05, 4.69) is 18.8 Å². The monoisotopic (exact) mass is 207 g/mol. The fourth-order valence-corrected chi connectivity index (χ4v) is 1.85. The van der Waals surface area contributed by atoms with Gasteiger partial charge in [-0.25, -0.2) is 4.79 Å². The zero-order valence-corrected chi connectivity index (χ0v) is 9.21. The molecule has 1 atom stereocenters. The number of nitrogens with one attached hydrogen (secondary N) is 1. The fourth-order valence-electron chi connectivity index (χ4n) is 1.85. The summed E-state index contributed by atoms with van der Waals surface area (Å²) in [6.45, 7) is 4.23. The molecule has 0 aliphatic heterocycles. The number of hydrogen-bond donors (Lipinski definition) is 2. The van der Waals surface area contributed by atoms with E-state index in [4.69, 9.17) is 5.11 Å². The number of carboxylic acid groups (broad SMARTS) is 1. The first-order valence-corrected chi connectivity index (χ1v) is 5.59. The second kappa shape index (κ2) is 3.72. The second-order valence-electron chi connectivity index (χ2n) is 4.44. The first-order chi connectivity index (χ1) is 7.13. The van der Waals surface area contributed by atoms with Crippen LogP contribution < -0.4 is 0 Å². The summed E-state index contributed by atoms with van der Waals surface area (Å²) in [5.74, 6) is 0.0761. The molecule has 3 nitrogen and oxygen atoms in total. The molecule has 15 heavy (non-hydrogen) atoms. The van der Waals surface area contributed by atoms with Gasteiger partial charge in [-0.05, 0) is 37.2 Å². The third kappa shape index (κ3) is 1.91. The van der Waals surface area contributed by atoms with Crippen LogP contribution in [0.25, 0.3) is 0 Å². The van der Waals surface area contributed by atoms with Crippen LogP contribution in [0.5, 0.6) is 0 Å². The Morgan fingerprint density at radius 3 is 2.80 bits per heavy atom. The first-order valence-electron chi connectivity index (χ1n) is 5.59. The molecule has 0 bridgehead atoms. The highest BCUT2D eigenvalue weighted by Gasteiger charge is 2.30. The van der Waals surface area contributed by atoms with Gasteiger partial charge in [-0.15, -0.1) is 0 Å². The van der Waals surface area contributed by atoms with Crippen molar-refractivity contribution in [2.45, 2.75) is 44.9 Å². The van der Waals surface area contributed by atoms with Crippen LogP contribution in [0.2, 0.25) is 0 Å². The van der Waals surface area contributed by atoms with Gasteiger partial charge in [0.1, 0.15) is 0 Å². The third-order valence-electron chi connectivity index (χ3n) is 3.23. The van der Waals surface area contributed by atoms with Crippen molar-refractivity contribution in [1.29, 1.82) is 0 Å². The summed E-state index contributed by atoms with van der Waals surface area (Å²) >= 11 is 0. The molecule has 2 rings (SSSR count). The zero-order chi connectivity index (χ0) is 11.0. The highest BCUT2D eigenvalue weighted by atomic mass is 16.4. The maximum Gasteiger partial charge on any atom is 0.337 e. The molecule has 1 fully saturated rings. The molecule has 0 amide bonds. The van der Waals surface area contributed by atoms with Gasteiger partial charge in [0, 0.05) is 11.4 Å². The highest BCUT2D eigenvalue weighted by molar-refractivity contribution is 5.89. The smallest absolute Gasteiger partial charge is 0.337 e. The van der Waals surface area contributed by atoms with E-state index in [-0.39, 0.29) is 0 Å². The van der Waals surface area contributed by atoms with Crippen molar-refractivity contribution in [3.63, 3.8) is 0 Å². The molecule has 1 aromatic rings. The van der Waals surface area contributed by atoms with Gasteiger partial charge in [0.25, 0.3) is 0 Å². The Kier molecular flexibility index (Phi) is 2.55. The van der Waals surface area contributed by atoms with Crippen molar-refractivity contribution in [3.05, 3.63) is 23.0 Å². The van der Waals surface area contributed by atoms with Crippen molar-refractivity contribution in [3.8, 4) is 0 Å². The minimum atomic E-state index is -0.803. The molecule has 82 valence electrons. The molecule has 1 unspecified atom stereocenters. The van der Waals surface area contributed by atoms with Crippen LogP contribution in [0.3, 0.4) is 0 Å². The lowest BCUT2D eigenvalue weighted by atomic mass is 10.1. The van der Waals surface area contributed by atoms with Crippen molar-refractivity contribution in [2.24, 2.45) is 0 Å². The van der Waals surface area contributed by atoms with Gasteiger partial charge in [0.15, 0.2) is 0 Å². The molecule has 3 heteroatoms. The van der Waals surface area contributed by atoms with Gasteiger partial charge in [-0.2, -0.15) is 0 Å². The number of carboxylic acids is 1. The van der Waals surface area contributed by atoms with E-state index in [1.54, 1.807) is 0 Å². The number of aromatic carboxylic acids is 1. The summed E-state index contributed by atoms with van der Waals surface area (Å²) in [5.41, 5.74) is 2.49. The molecule has 2 N–H and O–H groups in total. The quantitative estimate of drug-likeness (QED) is 0.797. The zero-order valence-electron chi connectivity index (χ0n) is 9.21. The predicted octanol–water partition coefficient (Wildman–Crippen LogP) is 3.10. The number of H-pyrrole nitrogens is 1. The van der Waals surface area contributed by atoms with Crippen LogP contribution in [0.4, 0.5) is 0 Å². The molecule has 1 saturated carbocycles. The summed E-state index contributed by atoms with van der Waals surface area (Å²) in [6, 6.07) is 1.81. The van der Waals surface area contributed by atoms with E-state index in [1.165, 1.54) is 0 Å². The van der Waals surface area contributed by atoms with Crippen LogP contribution >= 0.6 is 0 Å². The van der Waals surface area contributed by atoms with E-state index in [1.807, 2.05) is 6.07 Å². The van der Waals surface area contributed by atoms with E-state index in [9.17, 15) is 4.79 Å². The van der Waals surface area contributed by atoms with E-state index in [0.29, 0.717) is 17.4 Å². The summed E-state index contributed by atoms with van der Waals surface area (Å²) < 4.78 is 0. The highest BCUT2D eigenvalue weighted by Crippen LogP contribution is 2.42. The first kappa shape index (κ1) is 10.3. The van der Waals surface area contributed by atoms with Gasteiger partial charge in [-0.1, -0.05) is 13.8 Å². The fraction of sp³-hybridized carbons (Fsp3) is 0.583. The molecule has 0 spiro atoms. The van der Waals surface area contributed by atoms with Crippen molar-refractivity contribution in [1.82, 2.24) is 4.98 Å². The number of carbonyl (C=O) groups is 1. The lowest BCUT2D eigenvalue weighted by Gasteiger charge is -2.04. The lowest BCUT2D eigenvalue weighted by Crippen LogP contribution is -1.98. The normalized spacial score (nSPS) is 17.7. The van der Waals surface area contributed by atoms with Crippen LogP contribution in [0.1, 0.15) is 66.7 Å². The topological polar surface area (TPSA) is 53.1 Å². The molecule has 0 aromatic carbocycles. The molecule has 1 aliphatic rings. The Bertz CT molecular complexity index is 377. The number of aromatic amines is 1. The van der Waals surface area contributed by atoms with Crippen LogP contribution in [-0.2, 0) is 0 Å². The van der Waals surface area contributed by atoms with Crippen LogP contribution in [0.15, 0.2) is 6.07 Å². The Morgan fingerprint density at radius 2 is 2.33 bits per heavy atom. The number of rotatable bonds is 4. The van der Waals surface area contributed by atoms with Gasteiger partial charge in [0.2, 0.25) is 0 Å². The number of aromatic nitrogens is 1. The summed E-state index contributed by atoms with van der Waals surface area (Å²) in [7, 11) is 0. The van der Waals surface area contributed by atoms with Crippen LogP contribution in [0, 0.1) is 0 Å². The Labute approximate surface area is 89.5 Å². The van der Waals surface area contributed by atoms with Gasteiger partial charge in [-0.3, -0.25) is 0 Å². The largest absolute Gasteiger partial charge is 0.478 e. The lowest BCUT2D eigenvalue weighted by molar-refractivity contribution is 0.0696. The molecule has 0 radical (unpaired) electrons. The molecule has 1 heterocycles. The SMILES string of the molecule is CCC(C)c1cc(C(=O)O)c(C2CC2)[nH]1. The maximum absolute atomic E-state index is 11.1. The molecule has 1 aromatic heterocycles. The number of hydrogen-bond acceptors (Lipinski definition) is 1. The molecular formula is C12H17NO2. The molecule has 0 saturated heterocycles. The van der Waals surface area contributed by atoms with Crippen molar-refractivity contribution < 1.29 is 9.90 Å². The third-order valence-corrected chi connectivity index (χ3v) is 3.23. The predicted molar refractivity (Wildman–Crippen MR) is 58.4 cm³/mol. The van der Waals surface area contributed by atoms with E-state index < -0.39 is 5.97 Å². The Hall–Kier alpha value is -1.25. The Balaban J connectivity index is 2.35. The van der Waals surface area contributed by atoms with E-state index in [0.717, 1.165) is 30.7 Å². The maximum atomic E-state index is 11.1. The van der Waals surface area contributed by atoms with E-state index >= 15 is 0 Å². The standard InChI is InChI=1S/C12H17NO2/c1-3-7(2)10-6-9(12(14)15)11(13-10)8-4-5-8/h6-8,13H,3-5H2,1-2H3,(H,14,15). The molecular weight excluding hydrogens is 190 g/mol. The second-order valence-corrected chi connectivity index (χ2v) is 4.44. The molecule has 1 aliphatic carbocycles. The summed E-state index contributed by atoms with van der Waals surface area (Å²) in [6.07, 6.45) is 3.28. The summed E-state index contributed by atoms with van der Waals surface area (Å²) in [5, 5.41) is 9.09. The average molecular weight is 207 g/mol. The minimum absolute atomic E-state index is 0.413. The van der Waals surface area contributed by atoms with Gasteiger partial charge >= 0.3 is 5.97 Å². The summed E-state index contributed by atoms with van der Waals surface area (Å²) in [4.78, 5) is 14.4. The van der Waals surface area contributed by atoms with Gasteiger partial charge < -0.3 is 10.1 Å². The Morgan fingerprint density at radius 1 is 1.67 bits per heavy atom. The van der Waals surface area contributed by atoms with Crippen LogP contribution in [-0.4, -0.2) is 16.1 Å². The van der Waals surface area contributed by atoms with Crippen molar-refractivity contribution in [2.75, 3.05) is 0 Å². The van der Waals surface area contributed by atoms with Crippen molar-refractivity contribution >= 4 is 5.97 Å². The van der Waals surface area contributed by atoms with Gasteiger partial charge in [0.05, 0.1) is 5.56 Å². The average Bonchev–Trinajstić information content (AvgIpc) is 2.96.